The van der Waals surface area contributed by atoms with Gasteiger partial charge in [-0.2, -0.15) is 0 Å². The summed E-state index contributed by atoms with van der Waals surface area (Å²) >= 11 is 0. The number of aromatic nitrogens is 2. The number of para-hydroxylation sites is 1. The van der Waals surface area contributed by atoms with Gasteiger partial charge in [-0.25, -0.2) is 14.6 Å². The van der Waals surface area contributed by atoms with Gasteiger partial charge in [0.2, 0.25) is 11.8 Å². The van der Waals surface area contributed by atoms with Crippen molar-refractivity contribution in [2.24, 2.45) is 18.7 Å². The number of aromatic carboxylic acids is 1. The first-order valence-electron chi connectivity index (χ1n) is 13.8. The number of amides is 3. The number of aliphatic hydroxyl groups is 1. The molecule has 0 bridgehead atoms. The molecule has 3 amide bonds. The molecule has 3 aromatic rings. The summed E-state index contributed by atoms with van der Waals surface area (Å²) in [5, 5.41) is 23.5. The molecule has 0 saturated heterocycles. The van der Waals surface area contributed by atoms with E-state index < -0.39 is 36.1 Å². The quantitative estimate of drug-likeness (QED) is 0.312. The number of oxazole rings is 1. The minimum atomic E-state index is -1.27. The monoisotopic (exact) mass is 553 g/mol. The number of carbonyl (C=O) groups excluding carboxylic acids is 2. The predicted molar refractivity (Wildman–Crippen MR) is 149 cm³/mol. The number of imide groups is 1. The highest BCUT2D eigenvalue weighted by Gasteiger charge is 2.39. The summed E-state index contributed by atoms with van der Waals surface area (Å²) in [5.74, 6) is -1.74. The number of carbonyl (C=O) groups is 3. The Morgan fingerprint density at radius 3 is 2.50 bits per heavy atom. The van der Waals surface area contributed by atoms with Gasteiger partial charge in [0.1, 0.15) is 11.8 Å². The zero-order valence-corrected chi connectivity index (χ0v) is 23.5. The predicted octanol–water partition coefficient (Wildman–Crippen LogP) is 3.67. The van der Waals surface area contributed by atoms with E-state index in [0.29, 0.717) is 32.1 Å². The Bertz CT molecular complexity index is 1370. The number of carboxylic acid groups (broad SMARTS) is 1. The number of benzene rings is 1. The van der Waals surface area contributed by atoms with Crippen LogP contribution >= 0.6 is 0 Å². The second kappa shape index (κ2) is 12.2. The Morgan fingerprint density at radius 1 is 1.20 bits per heavy atom. The SMILES string of the molecule is Cc1oc([C@@H](Cc2cn(C)c3ccccc23)N(C(=O)NC2CCC(O)CC2)C(=O)[C@@H](N)CC(C)C)nc1C(=O)O. The topological polar surface area (TPSA) is 164 Å². The van der Waals surface area contributed by atoms with Crippen molar-refractivity contribution in [3.05, 3.63) is 53.4 Å². The maximum atomic E-state index is 13.9. The van der Waals surface area contributed by atoms with Gasteiger partial charge >= 0.3 is 12.0 Å². The van der Waals surface area contributed by atoms with E-state index in [0.717, 1.165) is 21.4 Å². The number of aryl methyl sites for hydroxylation is 2. The van der Waals surface area contributed by atoms with Crippen LogP contribution in [-0.2, 0) is 18.3 Å². The molecule has 0 aliphatic heterocycles. The number of urea groups is 1. The number of hydrogen-bond donors (Lipinski definition) is 4. The van der Waals surface area contributed by atoms with E-state index in [1.165, 1.54) is 6.92 Å². The lowest BCUT2D eigenvalue weighted by Crippen LogP contribution is -2.55. The van der Waals surface area contributed by atoms with Gasteiger partial charge in [-0.05, 0) is 56.6 Å². The largest absolute Gasteiger partial charge is 0.476 e. The molecule has 0 radical (unpaired) electrons. The molecule has 1 fully saturated rings. The molecule has 5 N–H and O–H groups in total. The fourth-order valence-electron chi connectivity index (χ4n) is 5.49. The van der Waals surface area contributed by atoms with Crippen molar-refractivity contribution in [3.63, 3.8) is 0 Å². The third-order valence-electron chi connectivity index (χ3n) is 7.53. The van der Waals surface area contributed by atoms with Gasteiger partial charge in [-0.1, -0.05) is 32.0 Å². The molecule has 1 aliphatic rings. The number of nitrogens with two attached hydrogens (primary N) is 1. The van der Waals surface area contributed by atoms with Gasteiger partial charge in [-0.3, -0.25) is 9.69 Å². The van der Waals surface area contributed by atoms with E-state index in [1.807, 2.05) is 55.9 Å². The molecule has 0 unspecified atom stereocenters. The molecule has 216 valence electrons. The van der Waals surface area contributed by atoms with E-state index in [-0.39, 0.29) is 35.7 Å². The van der Waals surface area contributed by atoms with E-state index in [4.69, 9.17) is 10.2 Å². The first-order valence-corrected chi connectivity index (χ1v) is 13.8. The lowest BCUT2D eigenvalue weighted by Gasteiger charge is -2.33. The second-order valence-electron chi connectivity index (χ2n) is 11.2. The van der Waals surface area contributed by atoms with Gasteiger partial charge < -0.3 is 30.2 Å². The molecule has 2 heterocycles. The molecule has 11 heteroatoms. The first-order chi connectivity index (χ1) is 19.0. The van der Waals surface area contributed by atoms with Crippen LogP contribution in [0.15, 0.2) is 34.9 Å². The Balaban J connectivity index is 1.80. The van der Waals surface area contributed by atoms with Crippen LogP contribution in [0.25, 0.3) is 10.9 Å². The number of rotatable bonds is 9. The van der Waals surface area contributed by atoms with Crippen LogP contribution in [0.5, 0.6) is 0 Å². The number of aliphatic hydroxyl groups excluding tert-OH is 1. The van der Waals surface area contributed by atoms with Crippen molar-refractivity contribution in [3.8, 4) is 0 Å². The minimum Gasteiger partial charge on any atom is -0.476 e. The van der Waals surface area contributed by atoms with Crippen molar-refractivity contribution in [2.75, 3.05) is 0 Å². The summed E-state index contributed by atoms with van der Waals surface area (Å²) < 4.78 is 7.78. The zero-order valence-electron chi connectivity index (χ0n) is 23.5. The summed E-state index contributed by atoms with van der Waals surface area (Å²) in [6.45, 7) is 5.36. The van der Waals surface area contributed by atoms with Crippen molar-refractivity contribution in [1.82, 2.24) is 19.8 Å². The maximum absolute atomic E-state index is 13.9. The van der Waals surface area contributed by atoms with Gasteiger partial charge in [-0.15, -0.1) is 0 Å². The van der Waals surface area contributed by atoms with E-state index >= 15 is 0 Å². The lowest BCUT2D eigenvalue weighted by molar-refractivity contribution is -0.132. The summed E-state index contributed by atoms with van der Waals surface area (Å²) in [7, 11) is 1.91. The van der Waals surface area contributed by atoms with Crippen LogP contribution in [0, 0.1) is 12.8 Å². The molecule has 1 aromatic carbocycles. The van der Waals surface area contributed by atoms with Crippen LogP contribution in [-0.4, -0.2) is 60.8 Å². The molecular weight excluding hydrogens is 514 g/mol. The number of nitrogens with one attached hydrogen (secondary N) is 1. The molecule has 2 aromatic heterocycles. The second-order valence-corrected chi connectivity index (χ2v) is 11.2. The first kappa shape index (κ1) is 29.3. The number of nitrogens with zero attached hydrogens (tertiary/aromatic N) is 3. The summed E-state index contributed by atoms with van der Waals surface area (Å²) in [4.78, 5) is 45.0. The molecule has 4 rings (SSSR count). The van der Waals surface area contributed by atoms with Gasteiger partial charge in [0.25, 0.3) is 0 Å². The average molecular weight is 554 g/mol. The highest BCUT2D eigenvalue weighted by molar-refractivity contribution is 5.98. The van der Waals surface area contributed by atoms with Crippen molar-refractivity contribution < 1.29 is 29.0 Å². The Morgan fingerprint density at radius 2 is 1.88 bits per heavy atom. The number of hydrogen-bond acceptors (Lipinski definition) is 7. The van der Waals surface area contributed by atoms with Crippen LogP contribution in [0.2, 0.25) is 0 Å². The average Bonchev–Trinajstić information content (AvgIpc) is 3.44. The summed E-state index contributed by atoms with van der Waals surface area (Å²) in [6.07, 6.45) is 4.24. The van der Waals surface area contributed by atoms with E-state index in [2.05, 4.69) is 10.3 Å². The minimum absolute atomic E-state index is 0.0536. The maximum Gasteiger partial charge on any atom is 0.358 e. The molecule has 1 aliphatic carbocycles. The highest BCUT2D eigenvalue weighted by Crippen LogP contribution is 2.32. The summed E-state index contributed by atoms with van der Waals surface area (Å²) in [5.41, 5.74) is 7.86. The fraction of sp³-hybridized carbons (Fsp3) is 0.517. The van der Waals surface area contributed by atoms with Crippen LogP contribution < -0.4 is 11.1 Å². The molecule has 11 nitrogen and oxygen atoms in total. The molecule has 2 atom stereocenters. The van der Waals surface area contributed by atoms with Crippen molar-refractivity contribution in [2.45, 2.75) is 83.5 Å². The Labute approximate surface area is 233 Å². The normalized spacial score (nSPS) is 19.0. The fourth-order valence-corrected chi connectivity index (χ4v) is 5.49. The third kappa shape index (κ3) is 6.37. The molecule has 1 saturated carbocycles. The van der Waals surface area contributed by atoms with Gasteiger partial charge in [0.05, 0.1) is 12.1 Å². The smallest absolute Gasteiger partial charge is 0.358 e. The van der Waals surface area contributed by atoms with Crippen LogP contribution in [0.3, 0.4) is 0 Å². The van der Waals surface area contributed by atoms with Crippen LogP contribution in [0.1, 0.15) is 79.7 Å². The molecule has 40 heavy (non-hydrogen) atoms. The number of carboxylic acids is 1. The van der Waals surface area contributed by atoms with Crippen LogP contribution in [0.4, 0.5) is 4.79 Å². The number of fused-ring (bicyclic) bond motifs is 1. The third-order valence-corrected chi connectivity index (χ3v) is 7.53. The molecule has 0 spiro atoms. The lowest BCUT2D eigenvalue weighted by atomic mass is 9.93. The van der Waals surface area contributed by atoms with E-state index in [1.54, 1.807) is 0 Å². The van der Waals surface area contributed by atoms with E-state index in [9.17, 15) is 24.6 Å². The van der Waals surface area contributed by atoms with Crippen molar-refractivity contribution >= 4 is 28.8 Å². The Hall–Kier alpha value is -3.70. The zero-order chi connectivity index (χ0) is 29.1. The molecular formula is C29H39N5O6. The Kier molecular flexibility index (Phi) is 8.95. The standard InChI is InChI=1S/C29H39N5O6/c1-16(2)13-22(30)27(36)34(29(39)31-19-9-11-20(35)12-10-19)24(26-32-25(28(37)38)17(3)40-26)14-18-15-33(4)23-8-6-5-7-21(18)23/h5-8,15-16,19-20,22,24,35H,9-14,30H2,1-4H3,(H,31,39)(H,37,38)/t19?,20?,22-,24+/m0/s1. The van der Waals surface area contributed by atoms with Gasteiger partial charge in [0, 0.05) is 36.6 Å². The van der Waals surface area contributed by atoms with Crippen molar-refractivity contribution in [1.29, 1.82) is 0 Å². The van der Waals surface area contributed by atoms with Gasteiger partial charge in [0.15, 0.2) is 5.69 Å². The summed E-state index contributed by atoms with van der Waals surface area (Å²) in [6, 6.07) is 4.85. The highest BCUT2D eigenvalue weighted by atomic mass is 16.4.